The molecule has 0 unspecified atom stereocenters. The number of rotatable bonds is 6. The van der Waals surface area contributed by atoms with Gasteiger partial charge in [-0.2, -0.15) is 12.6 Å². The molecule has 0 saturated carbocycles. The van der Waals surface area contributed by atoms with Gasteiger partial charge in [0.15, 0.2) is 0 Å². The number of hydrogen-bond donors (Lipinski definition) is 3. The summed E-state index contributed by atoms with van der Waals surface area (Å²) in [6.07, 6.45) is 7.37. The zero-order valence-corrected chi connectivity index (χ0v) is 13.1. The molecule has 1 aliphatic heterocycles. The van der Waals surface area contributed by atoms with E-state index in [9.17, 15) is 9.59 Å². The van der Waals surface area contributed by atoms with Crippen molar-refractivity contribution in [2.75, 3.05) is 13.1 Å². The highest BCUT2D eigenvalue weighted by Gasteiger charge is 2.48. The zero-order valence-electron chi connectivity index (χ0n) is 10.4. The van der Waals surface area contributed by atoms with Crippen LogP contribution in [0.3, 0.4) is 0 Å². The normalized spacial score (nSPS) is 24.9. The minimum absolute atomic E-state index is 0.264. The summed E-state index contributed by atoms with van der Waals surface area (Å²) < 4.78 is 0. The van der Waals surface area contributed by atoms with Crippen molar-refractivity contribution < 1.29 is 9.59 Å². The lowest BCUT2D eigenvalue weighted by Gasteiger charge is -2.22. The van der Waals surface area contributed by atoms with Crippen molar-refractivity contribution >= 4 is 53.6 Å². The van der Waals surface area contributed by atoms with E-state index in [4.69, 9.17) is 0 Å². The van der Waals surface area contributed by atoms with Gasteiger partial charge in [-0.1, -0.05) is 29.0 Å². The van der Waals surface area contributed by atoms with Crippen molar-refractivity contribution in [3.8, 4) is 0 Å². The quantitative estimate of drug-likeness (QED) is 0.299. The second-order valence-electron chi connectivity index (χ2n) is 4.36. The molecular weight excluding hydrogens is 288 g/mol. The smallest absolute Gasteiger partial charge is 0.309 e. The third kappa shape index (κ3) is 3.33. The van der Waals surface area contributed by atoms with Gasteiger partial charge in [-0.15, -0.1) is 0 Å². The van der Waals surface area contributed by atoms with Crippen LogP contribution in [0.2, 0.25) is 0 Å². The van der Waals surface area contributed by atoms with Crippen LogP contribution in [-0.4, -0.2) is 52.4 Å². The standard InChI is InChI=1S/C10H17N3O2P2S/c1-9(2,18)11-5-6-13-7(14)10(16-3,17-4)12-8(13)15/h11,18H,3-6H2,1-2H3,(H,12,15). The highest BCUT2D eigenvalue weighted by molar-refractivity contribution is 7.81. The Balaban J connectivity index is 2.68. The molecule has 0 aromatic carbocycles. The molecular formula is C10H17N3O2P2S. The third-order valence-electron chi connectivity index (χ3n) is 2.42. The maximum atomic E-state index is 12.2. The van der Waals surface area contributed by atoms with E-state index in [0.717, 1.165) is 0 Å². The van der Waals surface area contributed by atoms with E-state index in [2.05, 4.69) is 35.9 Å². The molecule has 18 heavy (non-hydrogen) atoms. The molecule has 100 valence electrons. The number of nitrogens with one attached hydrogen (secondary N) is 2. The van der Waals surface area contributed by atoms with Gasteiger partial charge in [0.05, 0.1) is 4.87 Å². The van der Waals surface area contributed by atoms with Crippen LogP contribution < -0.4 is 10.6 Å². The molecule has 0 radical (unpaired) electrons. The molecule has 0 aromatic rings. The monoisotopic (exact) mass is 305 g/mol. The molecule has 3 amide bonds. The van der Waals surface area contributed by atoms with Crippen molar-refractivity contribution in [2.24, 2.45) is 0 Å². The second-order valence-corrected chi connectivity index (χ2v) is 7.81. The predicted octanol–water partition coefficient (Wildman–Crippen LogP) is 1.20. The zero-order chi connectivity index (χ0) is 14.0. The first-order valence-corrected chi connectivity index (χ1v) is 7.94. The van der Waals surface area contributed by atoms with E-state index in [1.54, 1.807) is 0 Å². The van der Waals surface area contributed by atoms with E-state index in [1.807, 2.05) is 13.8 Å². The Morgan fingerprint density at radius 2 is 2.00 bits per heavy atom. The SMILES string of the molecule is C=PC1(P=C)NC(=O)N(CCNC(C)(C)S)C1=O. The number of carbonyl (C=O) groups excluding carboxylic acids is 2. The topological polar surface area (TPSA) is 61.4 Å². The Morgan fingerprint density at radius 1 is 1.44 bits per heavy atom. The Hall–Kier alpha value is -0.410. The van der Waals surface area contributed by atoms with E-state index in [0.29, 0.717) is 29.5 Å². The van der Waals surface area contributed by atoms with Gasteiger partial charge in [-0.25, -0.2) is 4.79 Å². The number of thiol groups is 1. The maximum absolute atomic E-state index is 12.2. The van der Waals surface area contributed by atoms with Gasteiger partial charge in [-0.3, -0.25) is 9.69 Å². The highest BCUT2D eigenvalue weighted by atomic mass is 32.1. The molecule has 1 rings (SSSR count). The predicted molar refractivity (Wildman–Crippen MR) is 82.1 cm³/mol. The van der Waals surface area contributed by atoms with E-state index in [-0.39, 0.29) is 16.8 Å². The largest absolute Gasteiger partial charge is 0.326 e. The van der Waals surface area contributed by atoms with Crippen LogP contribution in [-0.2, 0) is 4.79 Å². The third-order valence-corrected chi connectivity index (χ3v) is 4.95. The van der Waals surface area contributed by atoms with Crippen LogP contribution in [0.1, 0.15) is 13.8 Å². The lowest BCUT2D eigenvalue weighted by molar-refractivity contribution is -0.126. The van der Waals surface area contributed by atoms with Gasteiger partial charge >= 0.3 is 6.03 Å². The summed E-state index contributed by atoms with van der Waals surface area (Å²) in [7, 11) is 1.10. The van der Waals surface area contributed by atoms with Crippen LogP contribution in [0, 0.1) is 0 Å². The summed E-state index contributed by atoms with van der Waals surface area (Å²) in [6, 6.07) is -0.383. The lowest BCUT2D eigenvalue weighted by atomic mass is 10.3. The average molecular weight is 305 g/mol. The number of urea groups is 1. The van der Waals surface area contributed by atoms with Crippen molar-refractivity contribution in [3.05, 3.63) is 0 Å². The number of carbonyl (C=O) groups is 2. The Morgan fingerprint density at radius 3 is 2.39 bits per heavy atom. The molecule has 0 aliphatic carbocycles. The fourth-order valence-electron chi connectivity index (χ4n) is 1.49. The van der Waals surface area contributed by atoms with Crippen molar-refractivity contribution in [2.45, 2.75) is 23.7 Å². The van der Waals surface area contributed by atoms with E-state index in [1.165, 1.54) is 4.90 Å². The molecule has 1 fully saturated rings. The highest BCUT2D eigenvalue weighted by Crippen LogP contribution is 2.37. The molecule has 0 aromatic heterocycles. The van der Waals surface area contributed by atoms with E-state index < -0.39 is 5.02 Å². The van der Waals surface area contributed by atoms with E-state index >= 15 is 0 Å². The van der Waals surface area contributed by atoms with Gasteiger partial charge in [0.1, 0.15) is 0 Å². The van der Waals surface area contributed by atoms with Crippen molar-refractivity contribution in [1.82, 2.24) is 15.5 Å². The van der Waals surface area contributed by atoms with Gasteiger partial charge in [-0.05, 0) is 13.8 Å². The molecule has 8 heteroatoms. The van der Waals surface area contributed by atoms with Gasteiger partial charge in [0.25, 0.3) is 5.91 Å². The fraction of sp³-hybridized carbons (Fsp3) is 0.600. The Labute approximate surface area is 116 Å². The van der Waals surface area contributed by atoms with Crippen molar-refractivity contribution in [3.63, 3.8) is 0 Å². The minimum atomic E-state index is -0.979. The Bertz CT molecular complexity index is 387. The van der Waals surface area contributed by atoms with Crippen LogP contribution in [0.5, 0.6) is 0 Å². The number of hydrogen-bond acceptors (Lipinski definition) is 4. The molecule has 0 bridgehead atoms. The first kappa shape index (κ1) is 15.6. The number of nitrogens with zero attached hydrogens (tertiary/aromatic N) is 1. The molecule has 2 N–H and O–H groups in total. The number of imide groups is 1. The van der Waals surface area contributed by atoms with Crippen LogP contribution in [0.15, 0.2) is 0 Å². The first-order valence-electron chi connectivity index (χ1n) is 5.33. The molecule has 1 saturated heterocycles. The van der Waals surface area contributed by atoms with Gasteiger partial charge in [0, 0.05) is 13.1 Å². The Kier molecular flexibility index (Phi) is 4.96. The van der Waals surface area contributed by atoms with Gasteiger partial charge < -0.3 is 10.6 Å². The first-order chi connectivity index (χ1) is 8.25. The van der Waals surface area contributed by atoms with Crippen LogP contribution in [0.25, 0.3) is 0 Å². The summed E-state index contributed by atoms with van der Waals surface area (Å²) in [5.41, 5.74) is 0. The summed E-state index contributed by atoms with van der Waals surface area (Å²) in [4.78, 5) is 24.8. The summed E-state index contributed by atoms with van der Waals surface area (Å²) in [5.74, 6) is -0.264. The van der Waals surface area contributed by atoms with Crippen molar-refractivity contribution in [1.29, 1.82) is 0 Å². The minimum Gasteiger partial charge on any atom is -0.309 e. The fourth-order valence-corrected chi connectivity index (χ4v) is 2.86. The molecule has 0 atom stereocenters. The van der Waals surface area contributed by atoms with Gasteiger partial charge in [0.2, 0.25) is 5.02 Å². The molecule has 5 nitrogen and oxygen atoms in total. The number of amides is 3. The summed E-state index contributed by atoms with van der Waals surface area (Å²) >= 11 is 4.31. The molecule has 1 heterocycles. The summed E-state index contributed by atoms with van der Waals surface area (Å²) in [6.45, 7) is 4.60. The molecule has 1 aliphatic rings. The molecule has 0 spiro atoms. The maximum Gasteiger partial charge on any atom is 0.326 e. The lowest BCUT2D eigenvalue weighted by Crippen LogP contribution is -2.42. The van der Waals surface area contributed by atoms with Crippen LogP contribution >= 0.6 is 29.0 Å². The second kappa shape index (κ2) is 5.70. The average Bonchev–Trinajstić information content (AvgIpc) is 2.52. The van der Waals surface area contributed by atoms with Crippen LogP contribution in [0.4, 0.5) is 4.79 Å². The summed E-state index contributed by atoms with van der Waals surface area (Å²) in [5, 5.41) is 4.78.